The van der Waals surface area contributed by atoms with Crippen LogP contribution in [0.1, 0.15) is 17.1 Å². The van der Waals surface area contributed by atoms with E-state index in [1.165, 1.54) is 0 Å². The minimum Gasteiger partial charge on any atom is -0.342 e. The molecule has 2 aromatic rings. The van der Waals surface area contributed by atoms with Crippen molar-refractivity contribution in [2.24, 2.45) is 0 Å². The molecule has 0 bridgehead atoms. The molecule has 2 rings (SSSR count). The standard InChI is InChI=1S/C9H11N3/c1-5-4-8-9(10-5)12-7(3)6(2)11-8/h4H,1-3H3,(H,10,12). The maximum absolute atomic E-state index is 4.40. The molecule has 0 aliphatic carbocycles. The van der Waals surface area contributed by atoms with Gasteiger partial charge in [-0.15, -0.1) is 0 Å². The van der Waals surface area contributed by atoms with Crippen molar-refractivity contribution in [1.29, 1.82) is 0 Å². The number of aryl methyl sites for hydroxylation is 3. The summed E-state index contributed by atoms with van der Waals surface area (Å²) in [6.07, 6.45) is 0. The van der Waals surface area contributed by atoms with Crippen molar-refractivity contribution in [3.63, 3.8) is 0 Å². The van der Waals surface area contributed by atoms with Crippen LogP contribution in [0, 0.1) is 20.8 Å². The number of fused-ring (bicyclic) bond motifs is 1. The maximum atomic E-state index is 4.40. The average molecular weight is 161 g/mol. The zero-order valence-electron chi connectivity index (χ0n) is 7.47. The van der Waals surface area contributed by atoms with Crippen LogP contribution in [-0.2, 0) is 0 Å². The summed E-state index contributed by atoms with van der Waals surface area (Å²) in [6.45, 7) is 5.95. The fourth-order valence-electron chi connectivity index (χ4n) is 1.24. The molecule has 0 saturated heterocycles. The second-order valence-electron chi connectivity index (χ2n) is 3.08. The highest BCUT2D eigenvalue weighted by molar-refractivity contribution is 5.71. The van der Waals surface area contributed by atoms with Gasteiger partial charge in [-0.25, -0.2) is 9.97 Å². The molecule has 2 heterocycles. The molecule has 0 aliphatic rings. The molecule has 0 amide bonds. The predicted octanol–water partition coefficient (Wildman–Crippen LogP) is 1.88. The summed E-state index contributed by atoms with van der Waals surface area (Å²) in [5, 5.41) is 0. The highest BCUT2D eigenvalue weighted by atomic mass is 14.9. The van der Waals surface area contributed by atoms with Gasteiger partial charge in [0.1, 0.15) is 5.52 Å². The number of rotatable bonds is 0. The molecule has 0 spiro atoms. The van der Waals surface area contributed by atoms with Crippen LogP contribution in [-0.4, -0.2) is 15.0 Å². The number of nitrogens with one attached hydrogen (secondary N) is 1. The number of aromatic amines is 1. The van der Waals surface area contributed by atoms with Crippen molar-refractivity contribution < 1.29 is 0 Å². The van der Waals surface area contributed by atoms with Crippen molar-refractivity contribution in [2.75, 3.05) is 0 Å². The second-order valence-corrected chi connectivity index (χ2v) is 3.08. The molecule has 2 aromatic heterocycles. The molecule has 1 N–H and O–H groups in total. The van der Waals surface area contributed by atoms with Crippen LogP contribution in [0.2, 0.25) is 0 Å². The molecule has 0 fully saturated rings. The monoisotopic (exact) mass is 161 g/mol. The molecule has 0 radical (unpaired) electrons. The molecular weight excluding hydrogens is 150 g/mol. The average Bonchev–Trinajstić information content (AvgIpc) is 2.30. The first kappa shape index (κ1) is 7.28. The highest BCUT2D eigenvalue weighted by Crippen LogP contribution is 2.12. The summed E-state index contributed by atoms with van der Waals surface area (Å²) in [6, 6.07) is 2.01. The quantitative estimate of drug-likeness (QED) is 0.641. The van der Waals surface area contributed by atoms with Crippen molar-refractivity contribution in [3.8, 4) is 0 Å². The molecule has 62 valence electrons. The van der Waals surface area contributed by atoms with Gasteiger partial charge in [0.15, 0.2) is 5.65 Å². The summed E-state index contributed by atoms with van der Waals surface area (Å²) >= 11 is 0. The summed E-state index contributed by atoms with van der Waals surface area (Å²) in [5.41, 5.74) is 4.94. The Morgan fingerprint density at radius 1 is 1.08 bits per heavy atom. The van der Waals surface area contributed by atoms with Crippen molar-refractivity contribution in [2.45, 2.75) is 20.8 Å². The zero-order chi connectivity index (χ0) is 8.72. The van der Waals surface area contributed by atoms with E-state index < -0.39 is 0 Å². The Hall–Kier alpha value is -1.38. The first-order valence-electron chi connectivity index (χ1n) is 3.97. The first-order chi connectivity index (χ1) is 5.66. The largest absolute Gasteiger partial charge is 0.342 e. The van der Waals surface area contributed by atoms with Gasteiger partial charge in [-0.2, -0.15) is 0 Å². The Morgan fingerprint density at radius 3 is 2.50 bits per heavy atom. The molecule has 0 aromatic carbocycles. The van der Waals surface area contributed by atoms with Crippen LogP contribution < -0.4 is 0 Å². The lowest BCUT2D eigenvalue weighted by Gasteiger charge is -1.96. The fraction of sp³-hybridized carbons (Fsp3) is 0.333. The second kappa shape index (κ2) is 2.30. The minimum atomic E-state index is 0.885. The topological polar surface area (TPSA) is 41.6 Å². The third-order valence-corrected chi connectivity index (χ3v) is 2.00. The van der Waals surface area contributed by atoms with Crippen LogP contribution in [0.15, 0.2) is 6.07 Å². The van der Waals surface area contributed by atoms with E-state index in [4.69, 9.17) is 0 Å². The minimum absolute atomic E-state index is 0.885. The van der Waals surface area contributed by atoms with Crippen molar-refractivity contribution in [3.05, 3.63) is 23.1 Å². The number of H-pyrrole nitrogens is 1. The molecule has 3 nitrogen and oxygen atoms in total. The van der Waals surface area contributed by atoms with E-state index in [-0.39, 0.29) is 0 Å². The fourth-order valence-corrected chi connectivity index (χ4v) is 1.24. The summed E-state index contributed by atoms with van der Waals surface area (Å²) in [5.74, 6) is 0. The van der Waals surface area contributed by atoms with Gasteiger partial charge < -0.3 is 4.98 Å². The van der Waals surface area contributed by atoms with Gasteiger partial charge in [-0.05, 0) is 26.8 Å². The van der Waals surface area contributed by atoms with Crippen molar-refractivity contribution in [1.82, 2.24) is 15.0 Å². The Labute approximate surface area is 70.9 Å². The summed E-state index contributed by atoms with van der Waals surface area (Å²) in [4.78, 5) is 11.9. The molecule has 0 saturated carbocycles. The van der Waals surface area contributed by atoms with Gasteiger partial charge in [0.2, 0.25) is 0 Å². The SMILES string of the molecule is Cc1cc2nc(C)c(C)nc2[nH]1. The third kappa shape index (κ3) is 0.978. The van der Waals surface area contributed by atoms with Crippen LogP contribution in [0.5, 0.6) is 0 Å². The third-order valence-electron chi connectivity index (χ3n) is 2.00. The zero-order valence-corrected chi connectivity index (χ0v) is 7.47. The normalized spacial score (nSPS) is 10.9. The van der Waals surface area contributed by atoms with Gasteiger partial charge in [0.05, 0.1) is 11.4 Å². The van der Waals surface area contributed by atoms with Gasteiger partial charge in [0.25, 0.3) is 0 Å². The van der Waals surface area contributed by atoms with E-state index in [1.54, 1.807) is 0 Å². The summed E-state index contributed by atoms with van der Waals surface area (Å²) < 4.78 is 0. The van der Waals surface area contributed by atoms with Gasteiger partial charge in [0, 0.05) is 5.69 Å². The highest BCUT2D eigenvalue weighted by Gasteiger charge is 2.02. The molecule has 12 heavy (non-hydrogen) atoms. The summed E-state index contributed by atoms with van der Waals surface area (Å²) in [7, 11) is 0. The Balaban J connectivity index is 2.83. The van der Waals surface area contributed by atoms with Gasteiger partial charge >= 0.3 is 0 Å². The van der Waals surface area contributed by atoms with Crippen LogP contribution in [0.4, 0.5) is 0 Å². The molecule has 0 aliphatic heterocycles. The molecular formula is C9H11N3. The first-order valence-corrected chi connectivity index (χ1v) is 3.97. The lowest BCUT2D eigenvalue weighted by atomic mass is 10.3. The van der Waals surface area contributed by atoms with E-state index in [0.717, 1.165) is 28.2 Å². The van der Waals surface area contributed by atoms with E-state index >= 15 is 0 Å². The maximum Gasteiger partial charge on any atom is 0.156 e. The van der Waals surface area contributed by atoms with E-state index in [2.05, 4.69) is 15.0 Å². The smallest absolute Gasteiger partial charge is 0.156 e. The Morgan fingerprint density at radius 2 is 1.75 bits per heavy atom. The number of nitrogens with zero attached hydrogens (tertiary/aromatic N) is 2. The molecule has 0 unspecified atom stereocenters. The van der Waals surface area contributed by atoms with E-state index in [9.17, 15) is 0 Å². The van der Waals surface area contributed by atoms with E-state index in [1.807, 2.05) is 26.8 Å². The lowest BCUT2D eigenvalue weighted by Crippen LogP contribution is -1.91. The van der Waals surface area contributed by atoms with Crippen molar-refractivity contribution >= 4 is 11.2 Å². The van der Waals surface area contributed by atoms with Crippen LogP contribution in [0.3, 0.4) is 0 Å². The van der Waals surface area contributed by atoms with Gasteiger partial charge in [-0.3, -0.25) is 0 Å². The van der Waals surface area contributed by atoms with Gasteiger partial charge in [-0.1, -0.05) is 0 Å². The van der Waals surface area contributed by atoms with Crippen LogP contribution >= 0.6 is 0 Å². The lowest BCUT2D eigenvalue weighted by molar-refractivity contribution is 1.09. The number of hydrogen-bond donors (Lipinski definition) is 1. The molecule has 3 heteroatoms. The Bertz CT molecular complexity index is 390. The number of aromatic nitrogens is 3. The Kier molecular flexibility index (Phi) is 1.40. The number of hydrogen-bond acceptors (Lipinski definition) is 2. The van der Waals surface area contributed by atoms with E-state index in [0.29, 0.717) is 0 Å². The molecule has 0 atom stereocenters. The predicted molar refractivity (Wildman–Crippen MR) is 48.1 cm³/mol. The van der Waals surface area contributed by atoms with Crippen LogP contribution in [0.25, 0.3) is 11.2 Å².